The molecule has 0 aliphatic heterocycles. The van der Waals surface area contributed by atoms with Gasteiger partial charge in [-0.15, -0.1) is 0 Å². The number of benzene rings is 3. The minimum absolute atomic E-state index is 0.0417. The Hall–Kier alpha value is -3.80. The standard InChI is InChI=1S/C26H27N3O3/c1-19-12-13-20(2)24(16-19)31-15-14-29-23-11-7-6-10-22(23)28-25(29)17-27-26(30)18-32-21-8-4-3-5-9-21/h3-13,16H,14-15,17-18H2,1-2H3,(H,27,30). The fraction of sp³-hybridized carbons (Fsp3) is 0.231. The smallest absolute Gasteiger partial charge is 0.258 e. The highest BCUT2D eigenvalue weighted by molar-refractivity contribution is 5.78. The van der Waals surface area contributed by atoms with Crippen LogP contribution in [-0.2, 0) is 17.9 Å². The minimum Gasteiger partial charge on any atom is -0.491 e. The largest absolute Gasteiger partial charge is 0.491 e. The van der Waals surface area contributed by atoms with Crippen LogP contribution in [0.15, 0.2) is 72.8 Å². The van der Waals surface area contributed by atoms with E-state index in [1.165, 1.54) is 5.56 Å². The molecule has 0 spiro atoms. The molecular formula is C26H27N3O3. The Kier molecular flexibility index (Phi) is 6.70. The molecule has 1 heterocycles. The number of para-hydroxylation sites is 3. The molecule has 0 saturated heterocycles. The average Bonchev–Trinajstić information content (AvgIpc) is 3.17. The topological polar surface area (TPSA) is 65.4 Å². The first-order chi connectivity index (χ1) is 15.6. The van der Waals surface area contributed by atoms with Gasteiger partial charge in [-0.05, 0) is 55.3 Å². The van der Waals surface area contributed by atoms with Gasteiger partial charge in [0.25, 0.3) is 5.91 Å². The molecule has 0 radical (unpaired) electrons. The van der Waals surface area contributed by atoms with Gasteiger partial charge in [-0.25, -0.2) is 4.98 Å². The number of hydrogen-bond donors (Lipinski definition) is 1. The maximum Gasteiger partial charge on any atom is 0.258 e. The highest BCUT2D eigenvalue weighted by atomic mass is 16.5. The van der Waals surface area contributed by atoms with Crippen LogP contribution in [0.25, 0.3) is 11.0 Å². The summed E-state index contributed by atoms with van der Waals surface area (Å²) < 4.78 is 13.7. The third kappa shape index (κ3) is 5.27. The van der Waals surface area contributed by atoms with Crippen LogP contribution in [0.4, 0.5) is 0 Å². The molecule has 0 aliphatic rings. The maximum absolute atomic E-state index is 12.3. The van der Waals surface area contributed by atoms with Crippen molar-refractivity contribution in [1.29, 1.82) is 0 Å². The number of ether oxygens (including phenoxy) is 2. The van der Waals surface area contributed by atoms with Gasteiger partial charge in [-0.3, -0.25) is 4.79 Å². The van der Waals surface area contributed by atoms with Crippen molar-refractivity contribution in [2.75, 3.05) is 13.2 Å². The summed E-state index contributed by atoms with van der Waals surface area (Å²) in [7, 11) is 0. The molecule has 164 valence electrons. The van der Waals surface area contributed by atoms with Crippen LogP contribution in [0.5, 0.6) is 11.5 Å². The summed E-state index contributed by atoms with van der Waals surface area (Å²) in [6.45, 7) is 5.50. The van der Waals surface area contributed by atoms with Gasteiger partial charge < -0.3 is 19.4 Å². The van der Waals surface area contributed by atoms with Gasteiger partial charge in [0.05, 0.1) is 24.1 Å². The lowest BCUT2D eigenvalue weighted by atomic mass is 10.1. The summed E-state index contributed by atoms with van der Waals surface area (Å²) in [4.78, 5) is 17.0. The molecule has 3 aromatic carbocycles. The van der Waals surface area contributed by atoms with Crippen molar-refractivity contribution in [2.24, 2.45) is 0 Å². The first-order valence-electron chi connectivity index (χ1n) is 10.7. The van der Waals surface area contributed by atoms with E-state index in [0.717, 1.165) is 28.2 Å². The van der Waals surface area contributed by atoms with Crippen molar-refractivity contribution in [3.05, 3.63) is 89.7 Å². The molecule has 1 amide bonds. The first-order valence-corrected chi connectivity index (χ1v) is 10.7. The van der Waals surface area contributed by atoms with Gasteiger partial charge in [0.2, 0.25) is 0 Å². The lowest BCUT2D eigenvalue weighted by Gasteiger charge is -2.13. The predicted octanol–water partition coefficient (Wildman–Crippen LogP) is 4.43. The van der Waals surface area contributed by atoms with E-state index in [2.05, 4.69) is 35.0 Å². The SMILES string of the molecule is Cc1ccc(C)c(OCCn2c(CNC(=O)COc3ccccc3)nc3ccccc32)c1. The van der Waals surface area contributed by atoms with Gasteiger partial charge in [0.15, 0.2) is 6.61 Å². The molecule has 4 rings (SSSR count). The highest BCUT2D eigenvalue weighted by Gasteiger charge is 2.12. The van der Waals surface area contributed by atoms with Crippen molar-refractivity contribution < 1.29 is 14.3 Å². The number of nitrogens with zero attached hydrogens (tertiary/aromatic N) is 2. The Labute approximate surface area is 187 Å². The van der Waals surface area contributed by atoms with Crippen LogP contribution < -0.4 is 14.8 Å². The van der Waals surface area contributed by atoms with E-state index < -0.39 is 0 Å². The van der Waals surface area contributed by atoms with E-state index in [1.54, 1.807) is 0 Å². The fourth-order valence-electron chi connectivity index (χ4n) is 3.51. The molecule has 0 saturated carbocycles. The second kappa shape index (κ2) is 10.0. The number of amides is 1. The first kappa shape index (κ1) is 21.4. The van der Waals surface area contributed by atoms with Gasteiger partial charge in [0, 0.05) is 0 Å². The summed E-state index contributed by atoms with van der Waals surface area (Å²) in [5.41, 5.74) is 4.18. The monoisotopic (exact) mass is 429 g/mol. The number of nitrogens with one attached hydrogen (secondary N) is 1. The van der Waals surface area contributed by atoms with Crippen molar-refractivity contribution in [2.45, 2.75) is 26.9 Å². The number of aryl methyl sites for hydroxylation is 2. The number of carbonyl (C=O) groups is 1. The van der Waals surface area contributed by atoms with Crippen LogP contribution >= 0.6 is 0 Å². The van der Waals surface area contributed by atoms with Gasteiger partial charge >= 0.3 is 0 Å². The van der Waals surface area contributed by atoms with Gasteiger partial charge in [0.1, 0.15) is 23.9 Å². The second-order valence-corrected chi connectivity index (χ2v) is 7.66. The number of aromatic nitrogens is 2. The Bertz CT molecular complexity index is 1200. The zero-order chi connectivity index (χ0) is 22.3. The molecule has 1 N–H and O–H groups in total. The zero-order valence-corrected chi connectivity index (χ0v) is 18.4. The summed E-state index contributed by atoms with van der Waals surface area (Å²) in [5, 5.41) is 2.91. The minimum atomic E-state index is -0.195. The number of hydrogen-bond acceptors (Lipinski definition) is 4. The Balaban J connectivity index is 1.40. The van der Waals surface area contributed by atoms with Gasteiger partial charge in [-0.2, -0.15) is 0 Å². The van der Waals surface area contributed by atoms with Crippen LogP contribution in [0.1, 0.15) is 17.0 Å². The van der Waals surface area contributed by atoms with Crippen LogP contribution in [0.3, 0.4) is 0 Å². The van der Waals surface area contributed by atoms with Crippen LogP contribution in [0.2, 0.25) is 0 Å². The zero-order valence-electron chi connectivity index (χ0n) is 18.4. The molecule has 6 nitrogen and oxygen atoms in total. The van der Waals surface area contributed by atoms with E-state index >= 15 is 0 Å². The third-order valence-corrected chi connectivity index (χ3v) is 5.21. The summed E-state index contributed by atoms with van der Waals surface area (Å²) >= 11 is 0. The molecule has 0 aliphatic carbocycles. The molecule has 0 unspecified atom stereocenters. The van der Waals surface area contributed by atoms with Gasteiger partial charge in [-0.1, -0.05) is 42.5 Å². The van der Waals surface area contributed by atoms with Crippen molar-refractivity contribution in [3.63, 3.8) is 0 Å². The molecule has 0 bridgehead atoms. The van der Waals surface area contributed by atoms with E-state index in [4.69, 9.17) is 14.5 Å². The highest BCUT2D eigenvalue weighted by Crippen LogP contribution is 2.20. The molecule has 6 heteroatoms. The lowest BCUT2D eigenvalue weighted by Crippen LogP contribution is -2.29. The third-order valence-electron chi connectivity index (χ3n) is 5.21. The fourth-order valence-corrected chi connectivity index (χ4v) is 3.51. The summed E-state index contributed by atoms with van der Waals surface area (Å²) in [6, 6.07) is 23.4. The Morgan fingerprint density at radius 3 is 2.59 bits per heavy atom. The predicted molar refractivity (Wildman–Crippen MR) is 125 cm³/mol. The van der Waals surface area contributed by atoms with Crippen molar-refractivity contribution >= 4 is 16.9 Å². The molecular weight excluding hydrogens is 402 g/mol. The molecule has 0 fully saturated rings. The van der Waals surface area contributed by atoms with Crippen molar-refractivity contribution in [1.82, 2.24) is 14.9 Å². The number of rotatable bonds is 9. The Morgan fingerprint density at radius 2 is 1.75 bits per heavy atom. The summed E-state index contributed by atoms with van der Waals surface area (Å²) in [6.07, 6.45) is 0. The number of imidazole rings is 1. The molecule has 0 atom stereocenters. The summed E-state index contributed by atoms with van der Waals surface area (Å²) in [5.74, 6) is 2.14. The van der Waals surface area contributed by atoms with E-state index in [-0.39, 0.29) is 12.5 Å². The maximum atomic E-state index is 12.3. The quantitative estimate of drug-likeness (QED) is 0.428. The molecule has 4 aromatic rings. The van der Waals surface area contributed by atoms with E-state index in [0.29, 0.717) is 25.4 Å². The lowest BCUT2D eigenvalue weighted by molar-refractivity contribution is -0.123. The van der Waals surface area contributed by atoms with Crippen molar-refractivity contribution in [3.8, 4) is 11.5 Å². The van der Waals surface area contributed by atoms with E-state index in [1.807, 2.05) is 61.5 Å². The second-order valence-electron chi connectivity index (χ2n) is 7.66. The Morgan fingerprint density at radius 1 is 0.969 bits per heavy atom. The average molecular weight is 430 g/mol. The molecule has 32 heavy (non-hydrogen) atoms. The number of fused-ring (bicyclic) bond motifs is 1. The van der Waals surface area contributed by atoms with E-state index in [9.17, 15) is 4.79 Å². The normalized spacial score (nSPS) is 10.8. The van der Waals surface area contributed by atoms with Crippen LogP contribution in [-0.4, -0.2) is 28.7 Å². The molecule has 1 aromatic heterocycles. The number of carbonyl (C=O) groups excluding carboxylic acids is 1. The van der Waals surface area contributed by atoms with Crippen LogP contribution in [0, 0.1) is 13.8 Å².